The highest BCUT2D eigenvalue weighted by Gasteiger charge is 2.13. The molecule has 0 radical (unpaired) electrons. The molecule has 0 saturated carbocycles. The Morgan fingerprint density at radius 2 is 1.80 bits per heavy atom. The van der Waals surface area contributed by atoms with Gasteiger partial charge in [0.1, 0.15) is 17.3 Å². The van der Waals surface area contributed by atoms with Crippen molar-refractivity contribution in [1.82, 2.24) is 14.9 Å². The van der Waals surface area contributed by atoms with E-state index in [0.717, 1.165) is 36.3 Å². The molecule has 1 heterocycles. The third-order valence-corrected chi connectivity index (χ3v) is 3.88. The number of anilines is 2. The number of aryl methyl sites for hydroxylation is 3. The van der Waals surface area contributed by atoms with Crippen LogP contribution in [0.15, 0.2) is 24.3 Å². The summed E-state index contributed by atoms with van der Waals surface area (Å²) in [7, 11) is 4.09. The van der Waals surface area contributed by atoms with Gasteiger partial charge in [0.15, 0.2) is 0 Å². The zero-order valence-corrected chi connectivity index (χ0v) is 15.7. The Bertz CT molecular complexity index is 722. The van der Waals surface area contributed by atoms with Crippen LogP contribution in [0.3, 0.4) is 0 Å². The van der Waals surface area contributed by atoms with E-state index in [-0.39, 0.29) is 5.91 Å². The maximum absolute atomic E-state index is 12.6. The van der Waals surface area contributed by atoms with Crippen molar-refractivity contribution in [3.8, 4) is 0 Å². The molecule has 1 aromatic carbocycles. The van der Waals surface area contributed by atoms with Gasteiger partial charge in [0, 0.05) is 18.3 Å². The summed E-state index contributed by atoms with van der Waals surface area (Å²) in [4.78, 5) is 23.4. The zero-order valence-electron chi connectivity index (χ0n) is 15.7. The molecule has 0 spiro atoms. The molecule has 2 aromatic rings. The molecular formula is C19H27N5O. The number of para-hydroxylation sites is 1. The summed E-state index contributed by atoms with van der Waals surface area (Å²) in [6.07, 6.45) is 1.000. The highest BCUT2D eigenvalue weighted by molar-refractivity contribution is 6.04. The van der Waals surface area contributed by atoms with Gasteiger partial charge in [-0.1, -0.05) is 18.2 Å². The van der Waals surface area contributed by atoms with Gasteiger partial charge in [-0.25, -0.2) is 9.97 Å². The van der Waals surface area contributed by atoms with Crippen LogP contribution in [0.4, 0.5) is 11.5 Å². The maximum Gasteiger partial charge on any atom is 0.274 e. The van der Waals surface area contributed by atoms with Crippen LogP contribution in [0.25, 0.3) is 0 Å². The van der Waals surface area contributed by atoms with E-state index in [1.165, 1.54) is 0 Å². The number of rotatable bonds is 7. The Morgan fingerprint density at radius 3 is 2.44 bits per heavy atom. The Labute approximate surface area is 149 Å². The van der Waals surface area contributed by atoms with Crippen LogP contribution < -0.4 is 10.6 Å². The van der Waals surface area contributed by atoms with Gasteiger partial charge in [-0.05, 0) is 59.0 Å². The van der Waals surface area contributed by atoms with Gasteiger partial charge in [-0.15, -0.1) is 0 Å². The van der Waals surface area contributed by atoms with Crippen molar-refractivity contribution in [2.75, 3.05) is 37.8 Å². The SMILES string of the molecule is Cc1nc(NCCCN(C)C)cc(C(=O)Nc2c(C)cccc2C)n1. The average Bonchev–Trinajstić information content (AvgIpc) is 2.54. The van der Waals surface area contributed by atoms with Crippen molar-refractivity contribution >= 4 is 17.4 Å². The summed E-state index contributed by atoms with van der Waals surface area (Å²) < 4.78 is 0. The summed E-state index contributed by atoms with van der Waals surface area (Å²) in [6.45, 7) is 7.54. The molecule has 2 N–H and O–H groups in total. The second kappa shape index (κ2) is 8.58. The minimum Gasteiger partial charge on any atom is -0.370 e. The minimum absolute atomic E-state index is 0.223. The predicted molar refractivity (Wildman–Crippen MR) is 102 cm³/mol. The first kappa shape index (κ1) is 18.9. The van der Waals surface area contributed by atoms with Crippen LogP contribution in [0.2, 0.25) is 0 Å². The third kappa shape index (κ3) is 5.53. The lowest BCUT2D eigenvalue weighted by Gasteiger charge is -2.13. The predicted octanol–water partition coefficient (Wildman–Crippen LogP) is 3.02. The largest absolute Gasteiger partial charge is 0.370 e. The summed E-state index contributed by atoms with van der Waals surface area (Å²) in [5.41, 5.74) is 3.26. The number of carbonyl (C=O) groups excluding carboxylic acids is 1. The average molecular weight is 341 g/mol. The van der Waals surface area contributed by atoms with Crippen LogP contribution >= 0.6 is 0 Å². The van der Waals surface area contributed by atoms with E-state index in [1.54, 1.807) is 13.0 Å². The summed E-state index contributed by atoms with van der Waals surface area (Å²) in [6, 6.07) is 7.63. The molecule has 6 heteroatoms. The number of amides is 1. The van der Waals surface area contributed by atoms with Crippen LogP contribution in [-0.4, -0.2) is 48.0 Å². The Morgan fingerprint density at radius 1 is 1.12 bits per heavy atom. The van der Waals surface area contributed by atoms with Gasteiger partial charge in [0.05, 0.1) is 0 Å². The maximum atomic E-state index is 12.6. The van der Waals surface area contributed by atoms with E-state index in [2.05, 4.69) is 25.5 Å². The van der Waals surface area contributed by atoms with Crippen LogP contribution in [0.5, 0.6) is 0 Å². The topological polar surface area (TPSA) is 70.2 Å². The minimum atomic E-state index is -0.223. The van der Waals surface area contributed by atoms with E-state index < -0.39 is 0 Å². The summed E-state index contributed by atoms with van der Waals surface area (Å²) in [5.74, 6) is 1.03. The highest BCUT2D eigenvalue weighted by atomic mass is 16.1. The van der Waals surface area contributed by atoms with E-state index in [0.29, 0.717) is 17.3 Å². The molecule has 0 aliphatic heterocycles. The normalized spacial score (nSPS) is 10.8. The second-order valence-electron chi connectivity index (χ2n) is 6.49. The smallest absolute Gasteiger partial charge is 0.274 e. The quantitative estimate of drug-likeness (QED) is 0.758. The fourth-order valence-electron chi connectivity index (χ4n) is 2.58. The molecule has 0 saturated heterocycles. The third-order valence-electron chi connectivity index (χ3n) is 3.88. The second-order valence-corrected chi connectivity index (χ2v) is 6.49. The van der Waals surface area contributed by atoms with Gasteiger partial charge in [-0.3, -0.25) is 4.79 Å². The molecule has 134 valence electrons. The molecule has 2 rings (SSSR count). The fourth-order valence-corrected chi connectivity index (χ4v) is 2.58. The van der Waals surface area contributed by atoms with Crippen molar-refractivity contribution in [3.63, 3.8) is 0 Å². The van der Waals surface area contributed by atoms with Crippen molar-refractivity contribution < 1.29 is 4.79 Å². The lowest BCUT2D eigenvalue weighted by Crippen LogP contribution is -2.18. The van der Waals surface area contributed by atoms with Crippen molar-refractivity contribution in [1.29, 1.82) is 0 Å². The highest BCUT2D eigenvalue weighted by Crippen LogP contribution is 2.20. The van der Waals surface area contributed by atoms with Gasteiger partial charge >= 0.3 is 0 Å². The van der Waals surface area contributed by atoms with Crippen LogP contribution in [0, 0.1) is 20.8 Å². The lowest BCUT2D eigenvalue weighted by molar-refractivity contribution is 0.102. The van der Waals surface area contributed by atoms with Crippen LogP contribution in [0.1, 0.15) is 33.9 Å². The van der Waals surface area contributed by atoms with Gasteiger partial charge in [0.25, 0.3) is 5.91 Å². The molecule has 0 aliphatic carbocycles. The van der Waals surface area contributed by atoms with Gasteiger partial charge in [0.2, 0.25) is 0 Å². The molecule has 25 heavy (non-hydrogen) atoms. The number of aromatic nitrogens is 2. The van der Waals surface area contributed by atoms with Crippen molar-refractivity contribution in [3.05, 3.63) is 46.9 Å². The van der Waals surface area contributed by atoms with Crippen molar-refractivity contribution in [2.45, 2.75) is 27.2 Å². The van der Waals surface area contributed by atoms with Gasteiger partial charge < -0.3 is 15.5 Å². The van der Waals surface area contributed by atoms with E-state index in [4.69, 9.17) is 0 Å². The van der Waals surface area contributed by atoms with E-state index in [1.807, 2.05) is 46.1 Å². The van der Waals surface area contributed by atoms with Gasteiger partial charge in [-0.2, -0.15) is 0 Å². The molecule has 0 fully saturated rings. The zero-order chi connectivity index (χ0) is 18.4. The van der Waals surface area contributed by atoms with Crippen molar-refractivity contribution in [2.24, 2.45) is 0 Å². The monoisotopic (exact) mass is 341 g/mol. The Hall–Kier alpha value is -2.47. The number of benzene rings is 1. The van der Waals surface area contributed by atoms with E-state index in [9.17, 15) is 4.79 Å². The fraction of sp³-hybridized carbons (Fsp3) is 0.421. The number of nitrogens with zero attached hydrogens (tertiary/aromatic N) is 3. The number of carbonyl (C=O) groups is 1. The van der Waals surface area contributed by atoms with Crippen LogP contribution in [-0.2, 0) is 0 Å². The Kier molecular flexibility index (Phi) is 6.47. The molecule has 1 aromatic heterocycles. The number of hydrogen-bond donors (Lipinski definition) is 2. The number of hydrogen-bond acceptors (Lipinski definition) is 5. The first-order chi connectivity index (χ1) is 11.9. The molecule has 0 unspecified atom stereocenters. The first-order valence-corrected chi connectivity index (χ1v) is 8.48. The molecule has 0 atom stereocenters. The first-order valence-electron chi connectivity index (χ1n) is 8.48. The summed E-state index contributed by atoms with van der Waals surface area (Å²) >= 11 is 0. The molecule has 0 bridgehead atoms. The molecular weight excluding hydrogens is 314 g/mol. The molecule has 0 aliphatic rings. The summed E-state index contributed by atoms with van der Waals surface area (Å²) in [5, 5.41) is 6.23. The lowest BCUT2D eigenvalue weighted by atomic mass is 10.1. The molecule has 6 nitrogen and oxygen atoms in total. The van der Waals surface area contributed by atoms with E-state index >= 15 is 0 Å². The molecule has 1 amide bonds. The Balaban J connectivity index is 2.09. The number of nitrogens with one attached hydrogen (secondary N) is 2. The standard InChI is InChI=1S/C19H27N5O/c1-13-8-6-9-14(2)18(13)23-19(25)16-12-17(22-15(3)21-16)20-10-7-11-24(4)5/h6,8-9,12H,7,10-11H2,1-5H3,(H,23,25)(H,20,21,22).